The van der Waals surface area contributed by atoms with Crippen LogP contribution >= 0.6 is 0 Å². The lowest BCUT2D eigenvalue weighted by Gasteiger charge is -2.15. The summed E-state index contributed by atoms with van der Waals surface area (Å²) in [6.07, 6.45) is -0.336. The molecule has 0 fully saturated rings. The first-order valence-corrected chi connectivity index (χ1v) is 8.80. The van der Waals surface area contributed by atoms with E-state index >= 15 is 0 Å². The van der Waals surface area contributed by atoms with E-state index in [4.69, 9.17) is 9.47 Å². The lowest BCUT2D eigenvalue weighted by atomic mass is 9.94. The highest BCUT2D eigenvalue weighted by Gasteiger charge is 2.22. The minimum absolute atomic E-state index is 0.0674. The number of non-ortho nitro benzene ring substituents is 1. The van der Waals surface area contributed by atoms with E-state index in [0.717, 1.165) is 5.56 Å². The lowest BCUT2D eigenvalue weighted by Crippen LogP contribution is -2.30. The smallest absolute Gasteiger partial charge is 0.334 e. The molecule has 0 aromatic heterocycles. The van der Waals surface area contributed by atoms with Crippen LogP contribution in [0.15, 0.2) is 41.5 Å². The Balaban J connectivity index is 2.12. The Morgan fingerprint density at radius 3 is 2.52 bits per heavy atom. The van der Waals surface area contributed by atoms with Crippen LogP contribution < -0.4 is 20.2 Å². The van der Waals surface area contributed by atoms with Crippen molar-refractivity contribution in [3.63, 3.8) is 0 Å². The van der Waals surface area contributed by atoms with Gasteiger partial charge in [-0.3, -0.25) is 10.1 Å². The van der Waals surface area contributed by atoms with Crippen LogP contribution in [0, 0.1) is 10.1 Å². The molecule has 10 heteroatoms. The molecule has 0 saturated carbocycles. The van der Waals surface area contributed by atoms with Gasteiger partial charge in [0, 0.05) is 30.3 Å². The first-order valence-electron chi connectivity index (χ1n) is 8.80. The van der Waals surface area contributed by atoms with Crippen molar-refractivity contribution in [1.82, 2.24) is 10.7 Å². The van der Waals surface area contributed by atoms with Crippen LogP contribution in [0.4, 0.5) is 10.5 Å². The topological polar surface area (TPSA) is 135 Å². The van der Waals surface area contributed by atoms with Gasteiger partial charge in [0.25, 0.3) is 5.69 Å². The highest BCUT2D eigenvalue weighted by molar-refractivity contribution is 6.14. The zero-order valence-electron chi connectivity index (χ0n) is 15.8. The third-order valence-electron chi connectivity index (χ3n) is 4.22. The van der Waals surface area contributed by atoms with E-state index in [-0.39, 0.29) is 12.5 Å². The fourth-order valence-electron chi connectivity index (χ4n) is 2.88. The predicted molar refractivity (Wildman–Crippen MR) is 104 cm³/mol. The second kappa shape index (κ2) is 8.57. The number of carbonyl (C=O) groups excluding carboxylic acids is 1. The number of hydrogen-bond donors (Lipinski definition) is 3. The molecule has 29 heavy (non-hydrogen) atoms. The average molecular weight is 400 g/mol. The number of nitrogens with zero attached hydrogens (tertiary/aromatic N) is 2. The summed E-state index contributed by atoms with van der Waals surface area (Å²) < 4.78 is 10.9. The number of urea groups is 1. The average Bonchev–Trinajstić information content (AvgIpc) is 3.15. The number of nitro groups is 1. The minimum atomic E-state index is -0.640. The van der Waals surface area contributed by atoms with Crippen molar-refractivity contribution in [2.75, 3.05) is 13.8 Å². The van der Waals surface area contributed by atoms with Crippen LogP contribution in [0.5, 0.6) is 11.5 Å². The molecule has 2 amide bonds. The molecule has 0 radical (unpaired) electrons. The zero-order chi connectivity index (χ0) is 21.0. The molecule has 1 unspecified atom stereocenters. The fourth-order valence-corrected chi connectivity index (χ4v) is 2.88. The molecule has 1 atom stereocenters. The van der Waals surface area contributed by atoms with Gasteiger partial charge < -0.3 is 19.9 Å². The van der Waals surface area contributed by atoms with Gasteiger partial charge in [-0.1, -0.05) is 0 Å². The zero-order valence-corrected chi connectivity index (χ0v) is 15.8. The van der Waals surface area contributed by atoms with E-state index in [9.17, 15) is 20.0 Å². The highest BCUT2D eigenvalue weighted by atomic mass is 16.7. The Morgan fingerprint density at radius 2 is 1.93 bits per heavy atom. The number of nitrogens with one attached hydrogen (secondary N) is 2. The molecule has 0 saturated heterocycles. The fraction of sp³-hybridized carbons (Fsp3) is 0.263. The number of amides is 2. The van der Waals surface area contributed by atoms with Crippen LogP contribution in [0.25, 0.3) is 0 Å². The van der Waals surface area contributed by atoms with Crippen LogP contribution in [-0.2, 0) is 6.42 Å². The summed E-state index contributed by atoms with van der Waals surface area (Å²) in [5.74, 6) is 1.05. The van der Waals surface area contributed by atoms with Crippen molar-refractivity contribution < 1.29 is 24.3 Å². The summed E-state index contributed by atoms with van der Waals surface area (Å²) >= 11 is 0. The number of hydrazone groups is 1. The quantitative estimate of drug-likeness (QED) is 0.385. The minimum Gasteiger partial charge on any atom is -0.454 e. The molecule has 0 bridgehead atoms. The van der Waals surface area contributed by atoms with Gasteiger partial charge in [0.1, 0.15) is 0 Å². The predicted octanol–water partition coefficient (Wildman–Crippen LogP) is 1.93. The molecule has 3 N–H and O–H groups in total. The number of nitro benzene ring substituents is 1. The molecule has 1 aliphatic heterocycles. The van der Waals surface area contributed by atoms with E-state index < -0.39 is 17.1 Å². The van der Waals surface area contributed by atoms with E-state index in [1.54, 1.807) is 31.2 Å². The Bertz CT molecular complexity index is 956. The molecule has 0 aliphatic carbocycles. The lowest BCUT2D eigenvalue weighted by molar-refractivity contribution is -0.384. The summed E-state index contributed by atoms with van der Waals surface area (Å²) in [5, 5.41) is 27.5. The summed E-state index contributed by atoms with van der Waals surface area (Å²) in [5.41, 5.74) is 4.54. The van der Waals surface area contributed by atoms with Gasteiger partial charge in [-0.15, -0.1) is 0 Å². The Kier molecular flexibility index (Phi) is 5.93. The SMILES string of the molecule is CNC(=O)NN=C(c1ccc([N+](=O)[O-])cc1)c1cc2c(cc1CC(C)O)OCO2. The maximum absolute atomic E-state index is 11.7. The Labute approximate surface area is 166 Å². The molecule has 1 aliphatic rings. The van der Waals surface area contributed by atoms with Crippen LogP contribution in [0.3, 0.4) is 0 Å². The number of benzene rings is 2. The summed E-state index contributed by atoms with van der Waals surface area (Å²) in [6.45, 7) is 1.73. The van der Waals surface area contributed by atoms with Gasteiger partial charge >= 0.3 is 6.03 Å². The summed E-state index contributed by atoms with van der Waals surface area (Å²) in [4.78, 5) is 22.1. The molecular weight excluding hydrogens is 380 g/mol. The van der Waals surface area contributed by atoms with Gasteiger partial charge in [0.15, 0.2) is 11.5 Å². The first-order chi connectivity index (χ1) is 13.9. The number of hydrogen-bond acceptors (Lipinski definition) is 7. The monoisotopic (exact) mass is 400 g/mol. The maximum Gasteiger partial charge on any atom is 0.334 e. The molecule has 1 heterocycles. The van der Waals surface area contributed by atoms with Gasteiger partial charge in [0.05, 0.1) is 16.7 Å². The van der Waals surface area contributed by atoms with Crippen LogP contribution in [0.1, 0.15) is 23.6 Å². The second-order valence-corrected chi connectivity index (χ2v) is 6.37. The van der Waals surface area contributed by atoms with Crippen molar-refractivity contribution in [1.29, 1.82) is 0 Å². The van der Waals surface area contributed by atoms with E-state index in [1.807, 2.05) is 0 Å². The van der Waals surface area contributed by atoms with Crippen LogP contribution in [0.2, 0.25) is 0 Å². The number of aliphatic hydroxyl groups excluding tert-OH is 1. The standard InChI is InChI=1S/C19H20N4O6/c1-11(24)7-13-8-16-17(29-10-28-16)9-15(13)18(21-22-19(25)20-2)12-3-5-14(6-4-12)23(26)27/h3-6,8-9,11,24H,7,10H2,1-2H3,(H2,20,22,25). The molecule has 0 spiro atoms. The Hall–Kier alpha value is -3.66. The van der Waals surface area contributed by atoms with Crippen molar-refractivity contribution in [3.8, 4) is 11.5 Å². The molecule has 152 valence electrons. The largest absolute Gasteiger partial charge is 0.454 e. The molecule has 2 aromatic carbocycles. The first kappa shape index (κ1) is 20.1. The number of fused-ring (bicyclic) bond motifs is 1. The molecule has 3 rings (SSSR count). The normalized spacial score (nSPS) is 13.7. The van der Waals surface area contributed by atoms with Gasteiger partial charge in [-0.05, 0) is 43.2 Å². The Morgan fingerprint density at radius 1 is 1.28 bits per heavy atom. The van der Waals surface area contributed by atoms with Crippen molar-refractivity contribution in [2.24, 2.45) is 5.10 Å². The van der Waals surface area contributed by atoms with E-state index in [0.29, 0.717) is 34.8 Å². The number of aliphatic hydroxyl groups is 1. The number of rotatable bonds is 6. The van der Waals surface area contributed by atoms with Gasteiger partial charge in [-0.25, -0.2) is 10.2 Å². The summed E-state index contributed by atoms with van der Waals surface area (Å²) in [7, 11) is 1.45. The highest BCUT2D eigenvalue weighted by Crippen LogP contribution is 2.36. The van der Waals surface area contributed by atoms with E-state index in [2.05, 4.69) is 15.8 Å². The third-order valence-corrected chi connectivity index (χ3v) is 4.22. The molecule has 10 nitrogen and oxygen atoms in total. The number of carbonyl (C=O) groups is 1. The van der Waals surface area contributed by atoms with Crippen molar-refractivity contribution in [2.45, 2.75) is 19.4 Å². The van der Waals surface area contributed by atoms with Gasteiger partial charge in [0.2, 0.25) is 6.79 Å². The molecule has 2 aromatic rings. The molecular formula is C19H20N4O6. The van der Waals surface area contributed by atoms with Crippen molar-refractivity contribution in [3.05, 3.63) is 63.2 Å². The summed E-state index contributed by atoms with van der Waals surface area (Å²) in [6, 6.07) is 8.73. The third kappa shape index (κ3) is 4.61. The van der Waals surface area contributed by atoms with Crippen LogP contribution in [-0.4, -0.2) is 41.7 Å². The van der Waals surface area contributed by atoms with E-state index in [1.165, 1.54) is 19.2 Å². The second-order valence-electron chi connectivity index (χ2n) is 6.37. The van der Waals surface area contributed by atoms with Gasteiger partial charge in [-0.2, -0.15) is 5.10 Å². The van der Waals surface area contributed by atoms with Crippen molar-refractivity contribution >= 4 is 17.4 Å². The maximum atomic E-state index is 11.7. The number of ether oxygens (including phenoxy) is 2.